The van der Waals surface area contributed by atoms with Crippen molar-refractivity contribution in [2.24, 2.45) is 5.92 Å². The van der Waals surface area contributed by atoms with Gasteiger partial charge in [-0.1, -0.05) is 6.07 Å². The number of rotatable bonds is 12. The summed E-state index contributed by atoms with van der Waals surface area (Å²) in [6.45, 7) is 2.68. The van der Waals surface area contributed by atoms with Crippen LogP contribution in [-0.4, -0.2) is 123 Å². The first-order valence-electron chi connectivity index (χ1n) is 14.4. The van der Waals surface area contributed by atoms with E-state index in [1.54, 1.807) is 32.7 Å². The number of hydrogen-bond donors (Lipinski definition) is 4. The van der Waals surface area contributed by atoms with E-state index < -0.39 is 42.0 Å². The van der Waals surface area contributed by atoms with E-state index in [1.165, 1.54) is 27.2 Å². The van der Waals surface area contributed by atoms with Crippen molar-refractivity contribution in [1.29, 1.82) is 0 Å². The first-order valence-corrected chi connectivity index (χ1v) is 15.4. The van der Waals surface area contributed by atoms with Crippen molar-refractivity contribution >= 4 is 41.1 Å². The smallest absolute Gasteiger partial charge is 0.336 e. The third-order valence-electron chi connectivity index (χ3n) is 8.03. The lowest BCUT2D eigenvalue weighted by atomic mass is 9.83. The molecule has 46 heavy (non-hydrogen) atoms. The molecule has 1 atom stereocenters. The van der Waals surface area contributed by atoms with Gasteiger partial charge in [-0.15, -0.1) is 11.3 Å². The number of carboxylic acids is 3. The molecule has 1 spiro atoms. The Bertz CT molecular complexity index is 1400. The van der Waals surface area contributed by atoms with E-state index in [4.69, 9.17) is 25.2 Å². The first-order chi connectivity index (χ1) is 21.5. The summed E-state index contributed by atoms with van der Waals surface area (Å²) in [6.07, 6.45) is -0.232. The first kappa shape index (κ1) is 36.5. The fraction of sp³-hybridized carbons (Fsp3) is 0.533. The summed E-state index contributed by atoms with van der Waals surface area (Å²) < 4.78 is 20.1. The summed E-state index contributed by atoms with van der Waals surface area (Å²) in [4.78, 5) is 65.6. The quantitative estimate of drug-likeness (QED) is 0.253. The van der Waals surface area contributed by atoms with Crippen molar-refractivity contribution in [3.63, 3.8) is 0 Å². The summed E-state index contributed by atoms with van der Waals surface area (Å²) in [7, 11) is 5.05. The van der Waals surface area contributed by atoms with Crippen LogP contribution in [0.25, 0.3) is 0 Å². The molecule has 1 saturated heterocycles. The number of likely N-dealkylation sites (tertiary alicyclic amines) is 1. The second-order valence-electron chi connectivity index (χ2n) is 11.7. The Kier molecular flexibility index (Phi) is 12.3. The van der Waals surface area contributed by atoms with Crippen LogP contribution >= 0.6 is 11.3 Å². The fourth-order valence-corrected chi connectivity index (χ4v) is 6.05. The Morgan fingerprint density at radius 3 is 2.24 bits per heavy atom. The molecule has 1 aromatic carbocycles. The van der Waals surface area contributed by atoms with Gasteiger partial charge < -0.3 is 39.9 Å². The Labute approximate surface area is 269 Å². The summed E-state index contributed by atoms with van der Waals surface area (Å²) in [6, 6.07) is 4.92. The highest BCUT2D eigenvalue weighted by molar-refractivity contribution is 7.07. The fourth-order valence-electron chi connectivity index (χ4n) is 5.48. The number of thiazole rings is 1. The van der Waals surface area contributed by atoms with Crippen LogP contribution in [-0.2, 0) is 47.3 Å². The van der Waals surface area contributed by atoms with Gasteiger partial charge in [0.15, 0.2) is 5.60 Å². The van der Waals surface area contributed by atoms with Crippen molar-refractivity contribution in [2.75, 3.05) is 47.3 Å². The van der Waals surface area contributed by atoms with Gasteiger partial charge in [-0.2, -0.15) is 0 Å². The van der Waals surface area contributed by atoms with Crippen LogP contribution in [0.4, 0.5) is 4.39 Å². The molecule has 0 bridgehead atoms. The van der Waals surface area contributed by atoms with Gasteiger partial charge in [0.05, 0.1) is 48.7 Å². The van der Waals surface area contributed by atoms with Crippen LogP contribution in [0.2, 0.25) is 0 Å². The van der Waals surface area contributed by atoms with E-state index in [9.17, 15) is 28.4 Å². The van der Waals surface area contributed by atoms with Crippen molar-refractivity contribution in [3.05, 3.63) is 51.7 Å². The van der Waals surface area contributed by atoms with Gasteiger partial charge in [-0.3, -0.25) is 19.2 Å². The van der Waals surface area contributed by atoms with Gasteiger partial charge in [-0.05, 0) is 36.1 Å². The van der Waals surface area contributed by atoms with Crippen LogP contribution in [0.15, 0.2) is 29.1 Å². The minimum atomic E-state index is -2.74. The zero-order valence-corrected chi connectivity index (χ0v) is 26.7. The molecule has 0 radical (unpaired) electrons. The molecule has 1 fully saturated rings. The molecule has 16 heteroatoms. The molecular formula is C30H39FN4O10S. The molecule has 2 aliphatic heterocycles. The van der Waals surface area contributed by atoms with E-state index >= 15 is 0 Å². The number of aliphatic hydroxyl groups is 1. The predicted molar refractivity (Wildman–Crippen MR) is 161 cm³/mol. The van der Waals surface area contributed by atoms with E-state index in [-0.39, 0.29) is 30.1 Å². The molecule has 2 aliphatic rings. The number of ether oxygens (including phenoxy) is 1. The number of likely N-dealkylation sites (N-methyl/N-ethyl adjacent to an activating group) is 2. The number of hydrogen-bond acceptors (Lipinski definition) is 10. The highest BCUT2D eigenvalue weighted by atomic mass is 32.1. The average molecular weight is 667 g/mol. The molecule has 2 amide bonds. The third-order valence-corrected chi connectivity index (χ3v) is 8.67. The monoisotopic (exact) mass is 666 g/mol. The molecule has 3 heterocycles. The van der Waals surface area contributed by atoms with Crippen LogP contribution < -0.4 is 0 Å². The maximum Gasteiger partial charge on any atom is 0.336 e. The van der Waals surface area contributed by atoms with Gasteiger partial charge >= 0.3 is 17.9 Å². The SMILES string of the molecule is CN(C)C(=O)CN(C)C(=O)C(Cc1cscn1)CN1CCC2(CC1)OCc1ccc(F)cc12.O=C(O)CC(O)(CC(=O)O)C(=O)O. The van der Waals surface area contributed by atoms with Crippen LogP contribution in [0.3, 0.4) is 0 Å². The van der Waals surface area contributed by atoms with Gasteiger partial charge in [0.25, 0.3) is 0 Å². The van der Waals surface area contributed by atoms with E-state index in [0.29, 0.717) is 19.6 Å². The molecule has 4 rings (SSSR count). The third kappa shape index (κ3) is 9.51. The molecule has 252 valence electrons. The molecule has 14 nitrogen and oxygen atoms in total. The number of aliphatic carboxylic acids is 3. The molecule has 1 unspecified atom stereocenters. The summed E-state index contributed by atoms with van der Waals surface area (Å²) in [5, 5.41) is 35.8. The molecule has 4 N–H and O–H groups in total. The maximum absolute atomic E-state index is 13.9. The van der Waals surface area contributed by atoms with Crippen molar-refractivity contribution in [3.8, 4) is 0 Å². The Morgan fingerprint density at radius 2 is 1.72 bits per heavy atom. The molecule has 0 saturated carbocycles. The van der Waals surface area contributed by atoms with E-state index in [1.807, 2.05) is 11.4 Å². The normalized spacial score (nSPS) is 16.1. The van der Waals surface area contributed by atoms with Crippen LogP contribution in [0, 0.1) is 11.7 Å². The summed E-state index contributed by atoms with van der Waals surface area (Å²) >= 11 is 1.51. The van der Waals surface area contributed by atoms with Gasteiger partial charge in [0.1, 0.15) is 5.82 Å². The Morgan fingerprint density at radius 1 is 1.09 bits per heavy atom. The summed E-state index contributed by atoms with van der Waals surface area (Å²) in [5.41, 5.74) is 1.53. The van der Waals surface area contributed by atoms with Crippen LogP contribution in [0.5, 0.6) is 0 Å². The minimum Gasteiger partial charge on any atom is -0.481 e. The number of carbonyl (C=O) groups excluding carboxylic acids is 2. The molecule has 0 aliphatic carbocycles. The number of carboxylic acid groups (broad SMARTS) is 3. The second-order valence-corrected chi connectivity index (χ2v) is 12.4. The van der Waals surface area contributed by atoms with Gasteiger partial charge in [-0.25, -0.2) is 14.2 Å². The summed E-state index contributed by atoms with van der Waals surface area (Å²) in [5.74, 6) is -5.71. The number of aromatic nitrogens is 1. The molecular weight excluding hydrogens is 627 g/mol. The predicted octanol–water partition coefficient (Wildman–Crippen LogP) is 1.26. The lowest BCUT2D eigenvalue weighted by Crippen LogP contribution is -2.48. The number of amides is 2. The number of carbonyl (C=O) groups is 5. The van der Waals surface area contributed by atoms with Crippen LogP contribution in [0.1, 0.15) is 42.5 Å². The zero-order valence-electron chi connectivity index (χ0n) is 25.8. The lowest BCUT2D eigenvalue weighted by molar-refractivity contribution is -0.170. The van der Waals surface area contributed by atoms with E-state index in [2.05, 4.69) is 9.88 Å². The lowest BCUT2D eigenvalue weighted by Gasteiger charge is -2.40. The van der Waals surface area contributed by atoms with Crippen molar-refractivity contribution in [2.45, 2.75) is 49.9 Å². The number of benzene rings is 1. The van der Waals surface area contributed by atoms with Gasteiger partial charge in [0, 0.05) is 52.6 Å². The van der Waals surface area contributed by atoms with Crippen molar-refractivity contribution < 1.29 is 53.5 Å². The number of piperidine rings is 1. The highest BCUT2D eigenvalue weighted by Crippen LogP contribution is 2.44. The zero-order chi connectivity index (χ0) is 34.2. The molecule has 1 aromatic heterocycles. The van der Waals surface area contributed by atoms with E-state index in [0.717, 1.165) is 42.8 Å². The second kappa shape index (κ2) is 15.5. The minimum absolute atomic E-state index is 0.0528. The van der Waals surface area contributed by atoms with Gasteiger partial charge in [0.2, 0.25) is 11.8 Å². The average Bonchev–Trinajstić information content (AvgIpc) is 3.61. The maximum atomic E-state index is 13.9. The Hall–Kier alpha value is -3.99. The largest absolute Gasteiger partial charge is 0.481 e. The number of fused-ring (bicyclic) bond motifs is 2. The Balaban J connectivity index is 0.000000376. The number of halogens is 1. The highest BCUT2D eigenvalue weighted by Gasteiger charge is 2.43. The topological polar surface area (TPSA) is 198 Å². The number of nitrogens with zero attached hydrogens (tertiary/aromatic N) is 4. The molecule has 2 aromatic rings. The van der Waals surface area contributed by atoms with Crippen molar-refractivity contribution in [1.82, 2.24) is 19.7 Å². The standard InChI is InChI=1S/C24H31FN4O3S.C6H8O7/c1-27(2)22(30)13-28(3)23(31)18(10-20-15-33-16-26-20)12-29-8-6-24(7-9-29)21-11-19(25)5-4-17(21)14-32-24;7-3(8)1-6(13,5(11)12)2-4(9)10/h4-5,11,15-16,18H,6-10,12-14H2,1-3H3;13H,1-2H2,(H,7,8)(H,9,10)(H,11,12).